The zero-order valence-corrected chi connectivity index (χ0v) is 31.3. The molecule has 9 heteroatoms. The second-order valence-electron chi connectivity index (χ2n) is 14.2. The van der Waals surface area contributed by atoms with Crippen molar-refractivity contribution >= 4 is 29.0 Å². The van der Waals surface area contributed by atoms with Gasteiger partial charge in [0, 0.05) is 40.7 Å². The number of unbranched alkanes of at least 4 members (excludes halogenated alkanes) is 2. The van der Waals surface area contributed by atoms with Crippen molar-refractivity contribution in [2.24, 2.45) is 5.92 Å². The number of nitrogens with one attached hydrogen (secondary N) is 1. The Hall–Kier alpha value is -5.15. The van der Waals surface area contributed by atoms with E-state index in [1.54, 1.807) is 12.4 Å². The van der Waals surface area contributed by atoms with Gasteiger partial charge in [-0.1, -0.05) is 101 Å². The Morgan fingerprint density at radius 1 is 0.788 bits per heavy atom. The summed E-state index contributed by atoms with van der Waals surface area (Å²) in [6.07, 6.45) is 7.27. The maximum absolute atomic E-state index is 13.3. The number of nitrogens with zero attached hydrogens (tertiary/aromatic N) is 2. The smallest absolute Gasteiger partial charge is 0.325 e. The predicted molar refractivity (Wildman–Crippen MR) is 208 cm³/mol. The van der Waals surface area contributed by atoms with Crippen molar-refractivity contribution < 1.29 is 24.2 Å². The van der Waals surface area contributed by atoms with Gasteiger partial charge in [0.25, 0.3) is 0 Å². The maximum Gasteiger partial charge on any atom is 0.325 e. The van der Waals surface area contributed by atoms with Gasteiger partial charge in [-0.2, -0.15) is 0 Å². The number of hydrogen-bond donors (Lipinski definition) is 2. The molecule has 52 heavy (non-hydrogen) atoms. The molecule has 2 N–H and O–H groups in total. The van der Waals surface area contributed by atoms with Gasteiger partial charge >= 0.3 is 5.97 Å². The third-order valence-electron chi connectivity index (χ3n) is 8.92. The first-order chi connectivity index (χ1) is 24.9. The average Bonchev–Trinajstić information content (AvgIpc) is 3.66. The number of carboxylic acids is 1. The molecule has 0 spiro atoms. The topological polar surface area (TPSA) is 118 Å². The van der Waals surface area contributed by atoms with Crippen molar-refractivity contribution in [1.29, 1.82) is 0 Å². The highest BCUT2D eigenvalue weighted by Crippen LogP contribution is 2.31. The minimum absolute atomic E-state index is 0.0317. The van der Waals surface area contributed by atoms with Crippen molar-refractivity contribution in [2.75, 3.05) is 6.61 Å². The number of hydrogen-bond acceptors (Lipinski definition) is 7. The predicted octanol–water partition coefficient (Wildman–Crippen LogP) is 9.43. The number of benzene rings is 3. The molecule has 0 saturated carbocycles. The van der Waals surface area contributed by atoms with E-state index in [1.807, 2.05) is 48.5 Å². The van der Waals surface area contributed by atoms with Crippen molar-refractivity contribution in [1.82, 2.24) is 15.3 Å². The Morgan fingerprint density at radius 2 is 1.37 bits per heavy atom. The van der Waals surface area contributed by atoms with Crippen LogP contribution in [0.3, 0.4) is 0 Å². The summed E-state index contributed by atoms with van der Waals surface area (Å²) in [5.74, 6) is -1.03. The molecule has 1 amide bonds. The molecule has 2 heterocycles. The van der Waals surface area contributed by atoms with Gasteiger partial charge in [-0.25, -0.2) is 9.97 Å². The van der Waals surface area contributed by atoms with Crippen LogP contribution in [0.2, 0.25) is 0 Å². The Balaban J connectivity index is 1.23. The van der Waals surface area contributed by atoms with E-state index >= 15 is 0 Å². The third-order valence-corrected chi connectivity index (χ3v) is 10.5. The van der Waals surface area contributed by atoms with Gasteiger partial charge in [0.2, 0.25) is 5.91 Å². The van der Waals surface area contributed by atoms with Crippen molar-refractivity contribution in [3.05, 3.63) is 113 Å². The molecule has 3 aromatic carbocycles. The second kappa shape index (κ2) is 17.4. The molecule has 0 unspecified atom stereocenters. The number of thiophene rings is 1. The van der Waals surface area contributed by atoms with Crippen LogP contribution in [0.5, 0.6) is 5.75 Å². The quantitative estimate of drug-likeness (QED) is 0.0771. The first-order valence-electron chi connectivity index (χ1n) is 17.8. The number of ketones is 1. The first kappa shape index (κ1) is 38.1. The van der Waals surface area contributed by atoms with Gasteiger partial charge in [0.15, 0.2) is 11.6 Å². The Bertz CT molecular complexity index is 1940. The van der Waals surface area contributed by atoms with E-state index in [-0.39, 0.29) is 24.0 Å². The van der Waals surface area contributed by atoms with Crippen LogP contribution in [0.4, 0.5) is 0 Å². The molecule has 8 nitrogen and oxygen atoms in total. The maximum atomic E-state index is 13.3. The zero-order chi connectivity index (χ0) is 37.3. The normalized spacial score (nSPS) is 12.6. The van der Waals surface area contributed by atoms with Crippen molar-refractivity contribution in [2.45, 2.75) is 78.2 Å². The number of aromatic nitrogens is 2. The van der Waals surface area contributed by atoms with Crippen LogP contribution in [0, 0.1) is 5.92 Å². The highest BCUT2D eigenvalue weighted by atomic mass is 32.1. The summed E-state index contributed by atoms with van der Waals surface area (Å²) in [5.41, 5.74) is 5.70. The fraction of sp³-hybridized carbons (Fsp3) is 0.326. The number of aliphatic carboxylic acids is 1. The van der Waals surface area contributed by atoms with Gasteiger partial charge in [-0.15, -0.1) is 11.3 Å². The number of amides is 1. The van der Waals surface area contributed by atoms with E-state index < -0.39 is 23.8 Å². The van der Waals surface area contributed by atoms with Gasteiger partial charge < -0.3 is 15.2 Å². The highest BCUT2D eigenvalue weighted by molar-refractivity contribution is 7.14. The van der Waals surface area contributed by atoms with Crippen molar-refractivity contribution in [3.63, 3.8) is 0 Å². The lowest BCUT2D eigenvalue weighted by Crippen LogP contribution is -2.42. The number of Topliss-reactive ketones (excluding diaryl/α,β-unsaturated/α-hetero) is 1. The Kier molecular flexibility index (Phi) is 12.7. The molecule has 2 aromatic heterocycles. The molecule has 5 aromatic rings. The number of ether oxygens (including phenoxy) is 1. The van der Waals surface area contributed by atoms with E-state index in [9.17, 15) is 19.5 Å². The lowest BCUT2D eigenvalue weighted by atomic mass is 9.92. The number of carboxylic acid groups (broad SMARTS) is 1. The van der Waals surface area contributed by atoms with E-state index in [4.69, 9.17) is 4.74 Å². The molecule has 0 aliphatic heterocycles. The Morgan fingerprint density at radius 3 is 1.92 bits per heavy atom. The third kappa shape index (κ3) is 10.2. The van der Waals surface area contributed by atoms with E-state index in [2.05, 4.69) is 79.4 Å². The van der Waals surface area contributed by atoms with E-state index in [0.29, 0.717) is 10.7 Å². The molecule has 2 atom stereocenters. The number of carbonyl (C=O) groups is 3. The molecule has 0 saturated heterocycles. The molecule has 0 radical (unpaired) electrons. The van der Waals surface area contributed by atoms with Crippen LogP contribution in [0.1, 0.15) is 80.4 Å². The van der Waals surface area contributed by atoms with Gasteiger partial charge in [-0.3, -0.25) is 14.4 Å². The lowest BCUT2D eigenvalue weighted by molar-refractivity contribution is -0.141. The first-order valence-corrected chi connectivity index (χ1v) is 18.6. The molecule has 0 bridgehead atoms. The highest BCUT2D eigenvalue weighted by Gasteiger charge is 2.27. The summed E-state index contributed by atoms with van der Waals surface area (Å²) in [7, 11) is 0. The fourth-order valence-corrected chi connectivity index (χ4v) is 6.72. The number of rotatable bonds is 16. The van der Waals surface area contributed by atoms with Crippen LogP contribution in [0.25, 0.3) is 33.6 Å². The molecule has 270 valence electrons. The summed E-state index contributed by atoms with van der Waals surface area (Å²) < 4.78 is 5.84. The lowest BCUT2D eigenvalue weighted by Gasteiger charge is -2.18. The molecule has 5 rings (SSSR count). The molecule has 0 aliphatic rings. The molecule has 0 aliphatic carbocycles. The summed E-state index contributed by atoms with van der Waals surface area (Å²) in [5, 5.41) is 11.9. The standard InChI is InChI=1S/C43H47N3O5S/c1-6-7-8-23-51-36-19-17-31(18-20-36)30-13-15-32(16-14-30)35-26-44-40(45-27-35)33-11-9-29(10-12-33)24-34(41(48)46-28(2)42(49)50)25-37(47)38-21-22-39(52-38)43(3,4)5/h9-22,26-28,34H,6-8,23-25H2,1-5H3,(H,46,48)(H,49,50)/t28-,34-/m1/s1. The molecular formula is C43H47N3O5S. The van der Waals surface area contributed by atoms with Crippen LogP contribution < -0.4 is 10.1 Å². The van der Waals surface area contributed by atoms with Crippen LogP contribution in [-0.4, -0.2) is 45.4 Å². The van der Waals surface area contributed by atoms with Crippen LogP contribution >= 0.6 is 11.3 Å². The average molecular weight is 718 g/mol. The van der Waals surface area contributed by atoms with Crippen LogP contribution in [-0.2, 0) is 21.4 Å². The summed E-state index contributed by atoms with van der Waals surface area (Å²) >= 11 is 1.44. The van der Waals surface area contributed by atoms with Crippen LogP contribution in [0.15, 0.2) is 97.3 Å². The Labute approximate surface area is 310 Å². The van der Waals surface area contributed by atoms with Gasteiger partial charge in [0.1, 0.15) is 11.8 Å². The minimum Gasteiger partial charge on any atom is -0.494 e. The summed E-state index contributed by atoms with van der Waals surface area (Å²) in [6.45, 7) is 10.6. The summed E-state index contributed by atoms with van der Waals surface area (Å²) in [6, 6.07) is 26.8. The second-order valence-corrected chi connectivity index (χ2v) is 15.2. The van der Waals surface area contributed by atoms with Gasteiger partial charge in [-0.05, 0) is 71.7 Å². The largest absolute Gasteiger partial charge is 0.494 e. The number of carbonyl (C=O) groups excluding carboxylic acids is 2. The molecular weight excluding hydrogens is 671 g/mol. The minimum atomic E-state index is -1.14. The fourth-order valence-electron chi connectivity index (χ4n) is 5.71. The monoisotopic (exact) mass is 717 g/mol. The van der Waals surface area contributed by atoms with E-state index in [0.717, 1.165) is 57.0 Å². The zero-order valence-electron chi connectivity index (χ0n) is 30.5. The van der Waals surface area contributed by atoms with Gasteiger partial charge in [0.05, 0.1) is 11.5 Å². The molecule has 0 fully saturated rings. The SMILES string of the molecule is CCCCCOc1ccc(-c2ccc(-c3cnc(-c4ccc(C[C@H](CC(=O)c5ccc(C(C)(C)C)s5)C(=O)N[C@H](C)C(=O)O)cc4)nc3)cc2)cc1. The van der Waals surface area contributed by atoms with Crippen molar-refractivity contribution in [3.8, 4) is 39.4 Å². The summed E-state index contributed by atoms with van der Waals surface area (Å²) in [4.78, 5) is 48.9. The van der Waals surface area contributed by atoms with E-state index in [1.165, 1.54) is 31.1 Å².